The maximum atomic E-state index is 10.4. The van der Waals surface area contributed by atoms with E-state index >= 15 is 0 Å². The van der Waals surface area contributed by atoms with E-state index in [1.165, 1.54) is 10.8 Å². The van der Waals surface area contributed by atoms with E-state index in [-0.39, 0.29) is 0 Å². The molecular formula is C50H29N5. The largest absolute Gasteiger partial charge is 0.309 e. The minimum absolute atomic E-state index is 0.590. The van der Waals surface area contributed by atoms with E-state index in [4.69, 9.17) is 0 Å². The fourth-order valence-corrected chi connectivity index (χ4v) is 8.74. The van der Waals surface area contributed by atoms with Crippen molar-refractivity contribution in [3.05, 3.63) is 187 Å². The molecule has 0 bridgehead atoms. The van der Waals surface area contributed by atoms with Crippen molar-refractivity contribution in [2.75, 3.05) is 0 Å². The van der Waals surface area contributed by atoms with E-state index < -0.39 is 0 Å². The Morgan fingerprint density at radius 2 is 0.836 bits per heavy atom. The molecule has 254 valence electrons. The molecule has 0 N–H and O–H groups in total. The standard InChI is InChI=1S/C50H29N5/c51-30-32-26-35(33-20-22-36(23-21-33)53-47-18-8-4-14-43(47)50-34(31-52)10-9-19-48(50)53)28-38(27-32)55-46-17-7-3-13-41(46)42-25-24-37(29-49(42)55)54-44-15-5-1-11-39(44)40-12-2-6-16-45(40)54/h1-29H. The van der Waals surface area contributed by atoms with Gasteiger partial charge in [-0.25, -0.2) is 0 Å². The SMILES string of the molecule is N#Cc1cc(-c2ccc(-n3c4ccccc4c4c(C#N)cccc43)cc2)cc(-n2c3ccccc3c3ccc(-n4c5ccccc5c5ccccc54)cc32)c1. The summed E-state index contributed by atoms with van der Waals surface area (Å²) in [7, 11) is 0. The molecule has 0 saturated heterocycles. The van der Waals surface area contributed by atoms with Gasteiger partial charge in [0.05, 0.1) is 56.4 Å². The summed E-state index contributed by atoms with van der Waals surface area (Å²) in [4.78, 5) is 0. The summed E-state index contributed by atoms with van der Waals surface area (Å²) in [6.45, 7) is 0. The Morgan fingerprint density at radius 3 is 1.45 bits per heavy atom. The number of hydrogen-bond acceptors (Lipinski definition) is 2. The van der Waals surface area contributed by atoms with E-state index in [0.29, 0.717) is 11.1 Å². The average molecular weight is 700 g/mol. The Kier molecular flexibility index (Phi) is 6.61. The van der Waals surface area contributed by atoms with Crippen LogP contribution in [0.5, 0.6) is 0 Å². The fraction of sp³-hybridized carbons (Fsp3) is 0. The lowest BCUT2D eigenvalue weighted by Gasteiger charge is -2.14. The summed E-state index contributed by atoms with van der Waals surface area (Å²) in [5.74, 6) is 0. The molecule has 0 amide bonds. The molecule has 3 aromatic heterocycles. The molecule has 0 fully saturated rings. The first-order valence-electron chi connectivity index (χ1n) is 18.3. The minimum atomic E-state index is 0.590. The maximum absolute atomic E-state index is 10.4. The lowest BCUT2D eigenvalue weighted by molar-refractivity contribution is 1.15. The summed E-state index contributed by atoms with van der Waals surface area (Å²) in [5.41, 5.74) is 12.7. The molecule has 5 nitrogen and oxygen atoms in total. The smallest absolute Gasteiger partial charge is 0.0998 e. The van der Waals surface area contributed by atoms with Crippen LogP contribution in [0.3, 0.4) is 0 Å². The van der Waals surface area contributed by atoms with E-state index in [0.717, 1.165) is 82.8 Å². The van der Waals surface area contributed by atoms with E-state index in [1.807, 2.05) is 36.4 Å². The molecule has 0 radical (unpaired) electrons. The quantitative estimate of drug-likeness (QED) is 0.184. The van der Waals surface area contributed by atoms with Crippen LogP contribution >= 0.6 is 0 Å². The molecule has 0 aliphatic carbocycles. The highest BCUT2D eigenvalue weighted by atomic mass is 15.0. The minimum Gasteiger partial charge on any atom is -0.309 e. The Bertz CT molecular complexity index is 3400. The lowest BCUT2D eigenvalue weighted by atomic mass is 10.0. The van der Waals surface area contributed by atoms with Crippen LogP contribution < -0.4 is 0 Å². The predicted octanol–water partition coefficient (Wildman–Crippen LogP) is 12.4. The van der Waals surface area contributed by atoms with E-state index in [9.17, 15) is 10.5 Å². The van der Waals surface area contributed by atoms with E-state index in [2.05, 4.69) is 165 Å². The topological polar surface area (TPSA) is 62.4 Å². The highest BCUT2D eigenvalue weighted by Gasteiger charge is 2.18. The molecule has 0 unspecified atom stereocenters. The summed E-state index contributed by atoms with van der Waals surface area (Å²) in [5, 5.41) is 27.1. The second-order valence-corrected chi connectivity index (χ2v) is 14.0. The van der Waals surface area contributed by atoms with Gasteiger partial charge in [-0.15, -0.1) is 0 Å². The Balaban J connectivity index is 1.09. The lowest BCUT2D eigenvalue weighted by Crippen LogP contribution is -1.98. The molecule has 3 heterocycles. The summed E-state index contributed by atoms with van der Waals surface area (Å²) >= 11 is 0. The number of benzene rings is 8. The number of hydrogen-bond donors (Lipinski definition) is 0. The van der Waals surface area contributed by atoms with Gasteiger partial charge in [0.15, 0.2) is 0 Å². The zero-order chi connectivity index (χ0) is 36.6. The molecule has 5 heteroatoms. The van der Waals surface area contributed by atoms with Gasteiger partial charge in [-0.2, -0.15) is 10.5 Å². The van der Waals surface area contributed by atoms with Crippen LogP contribution in [0.15, 0.2) is 176 Å². The van der Waals surface area contributed by atoms with Gasteiger partial charge in [0, 0.05) is 49.4 Å². The zero-order valence-corrected chi connectivity index (χ0v) is 29.5. The van der Waals surface area contributed by atoms with Crippen molar-refractivity contribution in [3.63, 3.8) is 0 Å². The molecule has 11 aromatic rings. The normalized spacial score (nSPS) is 11.6. The van der Waals surface area contributed by atoms with Crippen molar-refractivity contribution in [2.45, 2.75) is 0 Å². The van der Waals surface area contributed by atoms with Gasteiger partial charge in [-0.1, -0.05) is 97.1 Å². The monoisotopic (exact) mass is 699 g/mol. The van der Waals surface area contributed by atoms with E-state index in [1.54, 1.807) is 0 Å². The third-order valence-corrected chi connectivity index (χ3v) is 11.1. The van der Waals surface area contributed by atoms with Gasteiger partial charge in [-0.3, -0.25) is 0 Å². The van der Waals surface area contributed by atoms with Crippen LogP contribution in [-0.4, -0.2) is 13.7 Å². The van der Waals surface area contributed by atoms with Crippen LogP contribution in [0.2, 0.25) is 0 Å². The van der Waals surface area contributed by atoms with Crippen LogP contribution in [0.4, 0.5) is 0 Å². The summed E-state index contributed by atoms with van der Waals surface area (Å²) < 4.78 is 6.87. The van der Waals surface area contributed by atoms with Crippen molar-refractivity contribution in [1.29, 1.82) is 10.5 Å². The number of fused-ring (bicyclic) bond motifs is 9. The third-order valence-electron chi connectivity index (χ3n) is 11.1. The highest BCUT2D eigenvalue weighted by molar-refractivity contribution is 6.13. The van der Waals surface area contributed by atoms with Gasteiger partial charge in [0.2, 0.25) is 0 Å². The average Bonchev–Trinajstić information content (AvgIpc) is 3.89. The summed E-state index contributed by atoms with van der Waals surface area (Å²) in [6.07, 6.45) is 0. The van der Waals surface area contributed by atoms with Gasteiger partial charge < -0.3 is 13.7 Å². The first kappa shape index (κ1) is 30.7. The highest BCUT2D eigenvalue weighted by Crippen LogP contribution is 2.39. The first-order valence-corrected chi connectivity index (χ1v) is 18.3. The van der Waals surface area contributed by atoms with Crippen molar-refractivity contribution >= 4 is 65.4 Å². The molecule has 11 rings (SSSR count). The first-order chi connectivity index (χ1) is 27.2. The van der Waals surface area contributed by atoms with Crippen LogP contribution in [-0.2, 0) is 0 Å². The number of rotatable bonds is 4. The number of nitrogens with zero attached hydrogens (tertiary/aromatic N) is 5. The number of nitriles is 2. The summed E-state index contributed by atoms with van der Waals surface area (Å²) in [6, 6.07) is 66.0. The predicted molar refractivity (Wildman–Crippen MR) is 224 cm³/mol. The third kappa shape index (κ3) is 4.51. The van der Waals surface area contributed by atoms with Crippen molar-refractivity contribution in [1.82, 2.24) is 13.7 Å². The van der Waals surface area contributed by atoms with Gasteiger partial charge in [-0.05, 0) is 90.0 Å². The molecule has 0 atom stereocenters. The molecule has 55 heavy (non-hydrogen) atoms. The van der Waals surface area contributed by atoms with Gasteiger partial charge in [0.25, 0.3) is 0 Å². The Morgan fingerprint density at radius 1 is 0.327 bits per heavy atom. The van der Waals surface area contributed by atoms with Crippen molar-refractivity contribution in [3.8, 4) is 40.3 Å². The molecular weight excluding hydrogens is 671 g/mol. The second kappa shape index (κ2) is 11.8. The Labute approximate surface area is 316 Å². The van der Waals surface area contributed by atoms with Crippen molar-refractivity contribution < 1.29 is 0 Å². The number of para-hydroxylation sites is 4. The number of aromatic nitrogens is 3. The zero-order valence-electron chi connectivity index (χ0n) is 29.5. The van der Waals surface area contributed by atoms with Crippen molar-refractivity contribution in [2.24, 2.45) is 0 Å². The second-order valence-electron chi connectivity index (χ2n) is 14.0. The van der Waals surface area contributed by atoms with Crippen LogP contribution in [0, 0.1) is 22.7 Å². The van der Waals surface area contributed by atoms with Gasteiger partial charge in [0.1, 0.15) is 0 Å². The molecule has 0 spiro atoms. The Hall–Kier alpha value is -7.86. The molecule has 0 saturated carbocycles. The van der Waals surface area contributed by atoms with Crippen LogP contribution in [0.25, 0.3) is 93.6 Å². The molecule has 0 aliphatic rings. The molecule has 0 aliphatic heterocycles. The van der Waals surface area contributed by atoms with Gasteiger partial charge >= 0.3 is 0 Å². The fourth-order valence-electron chi connectivity index (χ4n) is 8.74. The van der Waals surface area contributed by atoms with Crippen LogP contribution in [0.1, 0.15) is 11.1 Å². The maximum Gasteiger partial charge on any atom is 0.0998 e. The molecule has 8 aromatic carbocycles.